The summed E-state index contributed by atoms with van der Waals surface area (Å²) in [6.07, 6.45) is 13.5. The normalized spacial score (nSPS) is 12.1. The van der Waals surface area contributed by atoms with E-state index in [0.29, 0.717) is 11.0 Å². The average Bonchev–Trinajstić information content (AvgIpc) is 3.01. The number of nitro groups is 1. The number of hydrogen-bond acceptors (Lipinski definition) is 13. The lowest BCUT2D eigenvalue weighted by Crippen LogP contribution is -2.45. The Morgan fingerprint density at radius 1 is 1.04 bits per heavy atom. The number of terminal acetylenes is 2. The number of ether oxygens (including phenoxy) is 1. The fourth-order valence-electron chi connectivity index (χ4n) is 3.44. The molecule has 0 fully saturated rings. The van der Waals surface area contributed by atoms with E-state index in [1.54, 1.807) is 6.26 Å². The summed E-state index contributed by atoms with van der Waals surface area (Å²) in [5, 5.41) is 16.3. The highest BCUT2D eigenvalue weighted by Crippen LogP contribution is 2.37. The van der Waals surface area contributed by atoms with Crippen molar-refractivity contribution in [2.75, 3.05) is 99.6 Å². The van der Waals surface area contributed by atoms with Crippen molar-refractivity contribution in [2.45, 2.75) is 5.03 Å². The molecule has 1 rings (SSSR count). The number of quaternary nitrogens is 1. The van der Waals surface area contributed by atoms with Gasteiger partial charge >= 0.3 is 5.69 Å². The Labute approximate surface area is 283 Å². The summed E-state index contributed by atoms with van der Waals surface area (Å²) in [5.74, 6) is 1.94. The van der Waals surface area contributed by atoms with Crippen molar-refractivity contribution in [2.24, 2.45) is 0 Å². The van der Waals surface area contributed by atoms with Crippen LogP contribution < -0.4 is 15.5 Å². The van der Waals surface area contributed by atoms with E-state index in [9.17, 15) is 38.8 Å². The van der Waals surface area contributed by atoms with Gasteiger partial charge in [0, 0.05) is 31.9 Å². The monoisotopic (exact) mass is 713 g/mol. The minimum atomic E-state index is -4.62. The first-order valence-corrected chi connectivity index (χ1v) is 16.9. The minimum absolute atomic E-state index is 0.0170. The van der Waals surface area contributed by atoms with Crippen LogP contribution >= 0.6 is 19.6 Å². The molecular formula is C28H40N7O11PS. The van der Waals surface area contributed by atoms with Gasteiger partial charge in [0.2, 0.25) is 17.7 Å². The largest absolute Gasteiger partial charge is 0.756 e. The molecule has 20 heteroatoms. The summed E-state index contributed by atoms with van der Waals surface area (Å²) in [6, 6.07) is 1.11. The number of carbonyl (C=O) groups is 4. The molecule has 4 amide bonds. The molecule has 1 heterocycles. The van der Waals surface area contributed by atoms with Crippen molar-refractivity contribution in [1.29, 1.82) is 0 Å². The third-order valence-electron chi connectivity index (χ3n) is 5.89. The molecule has 0 bridgehead atoms. The molecule has 1 aromatic heterocycles. The van der Waals surface area contributed by atoms with Gasteiger partial charge in [-0.15, -0.1) is 24.6 Å². The van der Waals surface area contributed by atoms with Crippen LogP contribution in [-0.4, -0.2) is 147 Å². The lowest BCUT2D eigenvalue weighted by Gasteiger charge is -2.28. The number of phosphoric acid groups is 1. The van der Waals surface area contributed by atoms with Crippen molar-refractivity contribution in [3.63, 3.8) is 0 Å². The predicted molar refractivity (Wildman–Crippen MR) is 172 cm³/mol. The van der Waals surface area contributed by atoms with Crippen LogP contribution in [-0.2, 0) is 32.7 Å². The second kappa shape index (κ2) is 21.0. The van der Waals surface area contributed by atoms with Crippen LogP contribution in [0.25, 0.3) is 0 Å². The molecule has 1 aromatic rings. The molecule has 1 unspecified atom stereocenters. The van der Waals surface area contributed by atoms with Gasteiger partial charge in [0.05, 0.1) is 51.3 Å². The Kier molecular flexibility index (Phi) is 18.4. The maximum absolute atomic E-state index is 12.9. The first-order chi connectivity index (χ1) is 22.5. The molecule has 2 N–H and O–H groups in total. The van der Waals surface area contributed by atoms with Gasteiger partial charge in [-0.1, -0.05) is 11.8 Å². The van der Waals surface area contributed by atoms with E-state index in [0.717, 1.165) is 27.6 Å². The number of aromatic nitrogens is 1. The zero-order chi connectivity index (χ0) is 36.3. The molecule has 0 saturated carbocycles. The number of rotatable bonds is 22. The summed E-state index contributed by atoms with van der Waals surface area (Å²) < 4.78 is 27.3. The Bertz CT molecular complexity index is 1430. The van der Waals surface area contributed by atoms with Gasteiger partial charge in [0.1, 0.15) is 32.9 Å². The van der Waals surface area contributed by atoms with Gasteiger partial charge in [-0.05, 0) is 6.26 Å². The smallest absolute Gasteiger partial charge is 0.302 e. The second-order valence-electron chi connectivity index (χ2n) is 10.7. The maximum Gasteiger partial charge on any atom is 0.302 e. The highest BCUT2D eigenvalue weighted by molar-refractivity contribution is 7.98. The number of nitrogens with zero attached hydrogens (tertiary/aromatic N) is 5. The molecule has 1 atom stereocenters. The lowest BCUT2D eigenvalue weighted by molar-refractivity contribution is -0.870. The second-order valence-corrected chi connectivity index (χ2v) is 12.9. The molecule has 0 aliphatic heterocycles. The molecular weight excluding hydrogens is 673 g/mol. The number of phosphoric ester groups is 1. The number of nitrogens with one attached hydrogen (secondary N) is 2. The molecule has 0 aromatic carbocycles. The minimum Gasteiger partial charge on any atom is -0.756 e. The Hall–Kier alpha value is -4.07. The molecule has 0 aliphatic carbocycles. The fraction of sp³-hybridized carbons (Fsp3) is 0.536. The number of hydrogen-bond donors (Lipinski definition) is 2. The first kappa shape index (κ1) is 42.0. The molecule has 0 saturated heterocycles. The molecule has 18 nitrogen and oxygen atoms in total. The van der Waals surface area contributed by atoms with E-state index in [1.807, 2.05) is 21.1 Å². The van der Waals surface area contributed by atoms with Crippen LogP contribution in [0.3, 0.4) is 0 Å². The number of carbonyl (C=O) groups excluding carboxylic acids is 4. The van der Waals surface area contributed by atoms with Crippen LogP contribution in [0.5, 0.6) is 0 Å². The van der Waals surface area contributed by atoms with E-state index < -0.39 is 62.7 Å². The summed E-state index contributed by atoms with van der Waals surface area (Å²) >= 11 is 1.07. The van der Waals surface area contributed by atoms with Gasteiger partial charge in [0.15, 0.2) is 5.03 Å². The van der Waals surface area contributed by atoms with Crippen molar-refractivity contribution >= 4 is 48.9 Å². The van der Waals surface area contributed by atoms with Crippen molar-refractivity contribution < 1.29 is 51.8 Å². The SMILES string of the molecule is C#CCN(CCOP(=O)([O-])OCC[N+](C)(C)C)C(=O)CN(CC#C)C(=O)COCC(=O)NCCNC(=O)c1cnc(SC)c([N+](=O)[O-])c1. The van der Waals surface area contributed by atoms with Crippen LogP contribution in [0.15, 0.2) is 17.3 Å². The van der Waals surface area contributed by atoms with Gasteiger partial charge < -0.3 is 43.6 Å². The number of amides is 4. The van der Waals surface area contributed by atoms with Crippen LogP contribution in [0, 0.1) is 34.8 Å². The topological polar surface area (TPSA) is 223 Å². The number of thioether (sulfide) groups is 1. The first-order valence-electron chi connectivity index (χ1n) is 14.2. The summed E-state index contributed by atoms with van der Waals surface area (Å²) in [7, 11) is 0.959. The molecule has 48 heavy (non-hydrogen) atoms. The zero-order valence-corrected chi connectivity index (χ0v) is 28.9. The van der Waals surface area contributed by atoms with Crippen LogP contribution in [0.2, 0.25) is 0 Å². The van der Waals surface area contributed by atoms with Crippen molar-refractivity contribution in [3.05, 3.63) is 27.9 Å². The van der Waals surface area contributed by atoms with Gasteiger partial charge in [0.25, 0.3) is 13.7 Å². The zero-order valence-electron chi connectivity index (χ0n) is 27.2. The predicted octanol–water partition coefficient (Wildman–Crippen LogP) is -1.29. The third kappa shape index (κ3) is 16.7. The average molecular weight is 714 g/mol. The van der Waals surface area contributed by atoms with E-state index in [1.165, 1.54) is 6.20 Å². The molecule has 0 aliphatic rings. The highest BCUT2D eigenvalue weighted by atomic mass is 32.2. The quantitative estimate of drug-likeness (QED) is 0.0272. The van der Waals surface area contributed by atoms with Gasteiger partial charge in [-0.3, -0.25) is 33.9 Å². The summed E-state index contributed by atoms with van der Waals surface area (Å²) in [4.78, 5) is 78.5. The summed E-state index contributed by atoms with van der Waals surface area (Å²) in [6.45, 7) is -2.48. The molecule has 0 radical (unpaired) electrons. The van der Waals surface area contributed by atoms with Gasteiger partial charge in [-0.2, -0.15) is 0 Å². The standard InChI is InChI=1S/C28H40N7O11PS/c1-7-11-32(13-15-45-47(42,43)46-16-14-35(3,4)5)25(37)19-33(12-8-2)26(38)21-44-20-24(36)29-9-10-30-27(39)22-17-23(34(40)41)28(48-6)31-18-22/h1-2,17-18H,9-16,19-21H2,3-6H3,(H2-,29,30,36,39,42,43). The van der Waals surface area contributed by atoms with E-state index in [-0.39, 0.29) is 55.6 Å². The Balaban J connectivity index is 2.51. The Morgan fingerprint density at radius 3 is 2.27 bits per heavy atom. The van der Waals surface area contributed by atoms with Crippen LogP contribution in [0.1, 0.15) is 10.4 Å². The van der Waals surface area contributed by atoms with Crippen molar-refractivity contribution in [3.8, 4) is 24.7 Å². The van der Waals surface area contributed by atoms with E-state index in [4.69, 9.17) is 26.6 Å². The number of pyridine rings is 1. The lowest BCUT2D eigenvalue weighted by atomic mass is 10.2. The fourth-order valence-corrected chi connectivity index (χ4v) is 4.63. The molecule has 0 spiro atoms. The van der Waals surface area contributed by atoms with E-state index >= 15 is 0 Å². The number of likely N-dealkylation sites (N-methyl/N-ethyl adjacent to an activating group) is 1. The summed E-state index contributed by atoms with van der Waals surface area (Å²) in [5.41, 5.74) is -0.330. The van der Waals surface area contributed by atoms with E-state index in [2.05, 4.69) is 27.5 Å². The van der Waals surface area contributed by atoms with Crippen molar-refractivity contribution in [1.82, 2.24) is 25.4 Å². The maximum atomic E-state index is 12.9. The Morgan fingerprint density at radius 2 is 1.67 bits per heavy atom. The van der Waals surface area contributed by atoms with Crippen LogP contribution in [0.4, 0.5) is 5.69 Å². The third-order valence-corrected chi connectivity index (χ3v) is 7.59. The van der Waals surface area contributed by atoms with Gasteiger partial charge in [-0.25, -0.2) is 4.98 Å². The molecule has 264 valence electrons. The highest BCUT2D eigenvalue weighted by Gasteiger charge is 2.22.